The van der Waals surface area contributed by atoms with E-state index >= 15 is 0 Å². The van der Waals surface area contributed by atoms with Crippen molar-refractivity contribution in [1.29, 1.82) is 0 Å². The lowest BCUT2D eigenvalue weighted by molar-refractivity contribution is -0.146. The molecule has 0 unspecified atom stereocenters. The summed E-state index contributed by atoms with van der Waals surface area (Å²) in [5, 5.41) is 17.0. The number of amides is 3. The van der Waals surface area contributed by atoms with E-state index < -0.39 is 58.9 Å². The number of hydrogen-bond acceptors (Lipinski definition) is 7. The fourth-order valence-corrected chi connectivity index (χ4v) is 5.77. The summed E-state index contributed by atoms with van der Waals surface area (Å²) in [7, 11) is 0. The summed E-state index contributed by atoms with van der Waals surface area (Å²) in [5.74, 6) is -2.30. The molecule has 2 fully saturated rings. The zero-order chi connectivity index (χ0) is 30.9. The summed E-state index contributed by atoms with van der Waals surface area (Å²) in [6, 6.07) is 5.74. The van der Waals surface area contributed by atoms with E-state index in [1.807, 2.05) is 57.2 Å². The number of carbonyl (C=O) groups is 4. The molecule has 11 nitrogen and oxygen atoms in total. The van der Waals surface area contributed by atoms with Gasteiger partial charge in [0.25, 0.3) is 0 Å². The average Bonchev–Trinajstić information content (AvgIpc) is 3.52. The molecule has 2 aliphatic heterocycles. The summed E-state index contributed by atoms with van der Waals surface area (Å²) in [4.78, 5) is 58.6. The molecule has 0 radical (unpaired) electrons. The second-order valence-electron chi connectivity index (χ2n) is 12.5. The van der Waals surface area contributed by atoms with Crippen LogP contribution in [0.25, 0.3) is 16.8 Å². The van der Waals surface area contributed by atoms with E-state index in [9.17, 15) is 24.3 Å². The Labute approximate surface area is 250 Å². The second-order valence-corrected chi connectivity index (χ2v) is 12.5. The highest BCUT2D eigenvalue weighted by molar-refractivity contribution is 5.96. The fraction of sp³-hybridized carbons (Fsp3) is 0.469. The third-order valence-electron chi connectivity index (χ3n) is 8.34. The van der Waals surface area contributed by atoms with Crippen LogP contribution in [0.15, 0.2) is 49.2 Å². The standard InChI is InChI=1S/C32H38N4O7/c1-5-21-17-32(21,29(39)40)35-26(37)24-16-22-18-36(24)28(38)25(31(2,3)4)34-30(41)42-14-8-6-7-9-19-10-11-20-12-13-33-27(43-22)23(20)15-19/h5,7,9-13,15,21-22,24-25H,1,6,8,14,16-18H2,2-4H3,(H,34,41)(H,35,37)(H,39,40)/t21-,22+,24+,25-,32-/m1/s1. The first-order chi connectivity index (χ1) is 20.4. The van der Waals surface area contributed by atoms with E-state index in [2.05, 4.69) is 22.2 Å². The molecule has 1 aliphatic carbocycles. The van der Waals surface area contributed by atoms with E-state index in [1.165, 1.54) is 11.0 Å². The average molecular weight is 591 g/mol. The number of nitrogens with zero attached hydrogens (tertiary/aromatic N) is 2. The number of allylic oxidation sites excluding steroid dienone is 1. The maximum absolute atomic E-state index is 14.1. The number of nitrogens with one attached hydrogen (secondary N) is 2. The fourth-order valence-electron chi connectivity index (χ4n) is 5.77. The number of carbonyl (C=O) groups excluding carboxylic acids is 3. The lowest BCUT2D eigenvalue weighted by Crippen LogP contribution is -2.59. The highest BCUT2D eigenvalue weighted by Gasteiger charge is 2.61. The van der Waals surface area contributed by atoms with Crippen LogP contribution in [0.4, 0.5) is 4.79 Å². The molecular formula is C32H38N4O7. The number of aromatic nitrogens is 1. The second kappa shape index (κ2) is 11.7. The molecule has 228 valence electrons. The van der Waals surface area contributed by atoms with Gasteiger partial charge in [0.15, 0.2) is 0 Å². The number of benzene rings is 1. The number of alkyl carbamates (subject to hydrolysis) is 1. The Bertz CT molecular complexity index is 1480. The molecule has 3 N–H and O–H groups in total. The number of hydrogen-bond donors (Lipinski definition) is 3. The number of carboxylic acid groups (broad SMARTS) is 1. The third-order valence-corrected chi connectivity index (χ3v) is 8.34. The molecule has 1 aromatic heterocycles. The minimum atomic E-state index is -1.47. The number of fused-ring (bicyclic) bond motifs is 3. The van der Waals surface area contributed by atoms with Gasteiger partial charge in [-0.05, 0) is 47.8 Å². The Morgan fingerprint density at radius 1 is 1.26 bits per heavy atom. The lowest BCUT2D eigenvalue weighted by atomic mass is 9.85. The lowest BCUT2D eigenvalue weighted by Gasteiger charge is -2.35. The van der Waals surface area contributed by atoms with Crippen molar-refractivity contribution in [2.75, 3.05) is 13.2 Å². The van der Waals surface area contributed by atoms with Crippen molar-refractivity contribution in [2.24, 2.45) is 11.3 Å². The van der Waals surface area contributed by atoms with Crippen LogP contribution in [0.5, 0.6) is 5.88 Å². The monoisotopic (exact) mass is 590 g/mol. The Balaban J connectivity index is 1.51. The van der Waals surface area contributed by atoms with Crippen LogP contribution in [-0.4, -0.2) is 75.7 Å². The van der Waals surface area contributed by atoms with Crippen molar-refractivity contribution in [2.45, 2.75) is 70.2 Å². The van der Waals surface area contributed by atoms with Crippen LogP contribution >= 0.6 is 0 Å². The Kier molecular flexibility index (Phi) is 8.18. The van der Waals surface area contributed by atoms with Gasteiger partial charge in [0.05, 0.1) is 13.2 Å². The molecule has 2 aromatic rings. The number of pyridine rings is 1. The Morgan fingerprint density at radius 2 is 2.05 bits per heavy atom. The Morgan fingerprint density at radius 3 is 2.74 bits per heavy atom. The summed E-state index contributed by atoms with van der Waals surface area (Å²) in [6.07, 6.45) is 7.37. The smallest absolute Gasteiger partial charge is 0.407 e. The number of ether oxygens (including phenoxy) is 2. The predicted octanol–water partition coefficient (Wildman–Crippen LogP) is 3.68. The molecule has 3 aliphatic rings. The van der Waals surface area contributed by atoms with Crippen molar-refractivity contribution in [3.05, 3.63) is 54.8 Å². The zero-order valence-electron chi connectivity index (χ0n) is 24.7. The van der Waals surface area contributed by atoms with E-state index in [0.717, 1.165) is 16.3 Å². The highest BCUT2D eigenvalue weighted by atomic mass is 16.5. The quantitative estimate of drug-likeness (QED) is 0.457. The van der Waals surface area contributed by atoms with Crippen molar-refractivity contribution in [3.63, 3.8) is 0 Å². The van der Waals surface area contributed by atoms with E-state index in [-0.39, 0.29) is 26.0 Å². The van der Waals surface area contributed by atoms with Gasteiger partial charge in [-0.2, -0.15) is 0 Å². The topological polar surface area (TPSA) is 147 Å². The third kappa shape index (κ3) is 6.21. The maximum Gasteiger partial charge on any atom is 0.407 e. The van der Waals surface area contributed by atoms with Gasteiger partial charge in [-0.3, -0.25) is 9.59 Å². The van der Waals surface area contributed by atoms with Crippen molar-refractivity contribution >= 4 is 40.7 Å². The van der Waals surface area contributed by atoms with Crippen molar-refractivity contribution < 1.29 is 33.8 Å². The van der Waals surface area contributed by atoms with Gasteiger partial charge in [0.2, 0.25) is 17.7 Å². The van der Waals surface area contributed by atoms with Crippen LogP contribution in [0.2, 0.25) is 0 Å². The first kappa shape index (κ1) is 30.1. The molecule has 1 aromatic carbocycles. The number of rotatable bonds is 4. The van der Waals surface area contributed by atoms with Gasteiger partial charge in [0.1, 0.15) is 23.7 Å². The first-order valence-electron chi connectivity index (χ1n) is 14.6. The van der Waals surface area contributed by atoms with Gasteiger partial charge in [-0.1, -0.05) is 51.1 Å². The molecule has 3 amide bonds. The molecule has 4 bridgehead atoms. The minimum absolute atomic E-state index is 0.0306. The minimum Gasteiger partial charge on any atom is -0.479 e. The highest BCUT2D eigenvalue weighted by Crippen LogP contribution is 2.45. The van der Waals surface area contributed by atoms with E-state index in [1.54, 1.807) is 6.20 Å². The molecule has 0 spiro atoms. The van der Waals surface area contributed by atoms with Gasteiger partial charge in [0, 0.05) is 23.9 Å². The van der Waals surface area contributed by atoms with Crippen LogP contribution in [0, 0.1) is 11.3 Å². The molecule has 11 heteroatoms. The van der Waals surface area contributed by atoms with Crippen LogP contribution in [0.3, 0.4) is 0 Å². The molecule has 5 atom stereocenters. The molecule has 3 heterocycles. The van der Waals surface area contributed by atoms with E-state index in [4.69, 9.17) is 9.47 Å². The van der Waals surface area contributed by atoms with Gasteiger partial charge >= 0.3 is 12.1 Å². The summed E-state index contributed by atoms with van der Waals surface area (Å²) in [5.41, 5.74) is -1.26. The number of cyclic esters (lactones) is 1. The van der Waals surface area contributed by atoms with Crippen molar-refractivity contribution in [3.8, 4) is 5.88 Å². The van der Waals surface area contributed by atoms with Gasteiger partial charge in [-0.25, -0.2) is 14.6 Å². The van der Waals surface area contributed by atoms with Crippen LogP contribution in [-0.2, 0) is 19.1 Å². The summed E-state index contributed by atoms with van der Waals surface area (Å²) in [6.45, 7) is 9.30. The first-order valence-corrected chi connectivity index (χ1v) is 14.6. The molecule has 43 heavy (non-hydrogen) atoms. The van der Waals surface area contributed by atoms with Gasteiger partial charge < -0.3 is 30.1 Å². The predicted molar refractivity (Wildman–Crippen MR) is 159 cm³/mol. The maximum atomic E-state index is 14.1. The molecule has 1 saturated heterocycles. The number of aliphatic carboxylic acids is 1. The summed E-state index contributed by atoms with van der Waals surface area (Å²) >= 11 is 0. The van der Waals surface area contributed by atoms with Gasteiger partial charge in [-0.15, -0.1) is 6.58 Å². The van der Waals surface area contributed by atoms with Crippen LogP contribution in [0.1, 0.15) is 52.0 Å². The number of carboxylic acids is 1. The zero-order valence-corrected chi connectivity index (χ0v) is 24.7. The molecular weight excluding hydrogens is 552 g/mol. The van der Waals surface area contributed by atoms with E-state index in [0.29, 0.717) is 18.7 Å². The SMILES string of the molecule is C=C[C@@H]1C[C@]1(NC(=O)[C@@H]1C[C@H]2CN1C(=O)[C@H](C(C)(C)C)NC(=O)OCCCC=Cc1ccc3ccnc(c3c1)O2)C(=O)O. The molecule has 1 saturated carbocycles. The molecule has 5 rings (SSSR count). The largest absolute Gasteiger partial charge is 0.479 e. The Hall–Kier alpha value is -4.41. The normalized spacial score (nSPS) is 27.8. The van der Waals surface area contributed by atoms with Crippen molar-refractivity contribution in [1.82, 2.24) is 20.5 Å². The van der Waals surface area contributed by atoms with Crippen LogP contribution < -0.4 is 15.4 Å². The summed E-state index contributed by atoms with van der Waals surface area (Å²) < 4.78 is 11.7.